The van der Waals surface area contributed by atoms with Gasteiger partial charge in [0.1, 0.15) is 0 Å². The highest BCUT2D eigenvalue weighted by Gasteiger charge is 2.51. The van der Waals surface area contributed by atoms with Crippen molar-refractivity contribution in [2.24, 2.45) is 23.2 Å². The van der Waals surface area contributed by atoms with E-state index in [-0.39, 0.29) is 29.1 Å². The fourth-order valence-electron chi connectivity index (χ4n) is 7.52. The third-order valence-electron chi connectivity index (χ3n) is 8.75. The predicted octanol–water partition coefficient (Wildman–Crippen LogP) is 4.36. The van der Waals surface area contributed by atoms with Gasteiger partial charge in [0.05, 0.1) is 0 Å². The SMILES string of the molecule is CC(=O)NCC(CNC(=O)CC12CC3CC(CC(C3)C1)C2)NCc1ccc2cc(C(C)=O)ccc2c1. The van der Waals surface area contributed by atoms with Gasteiger partial charge in [0.2, 0.25) is 11.8 Å². The second-order valence-electron chi connectivity index (χ2n) is 11.9. The third kappa shape index (κ3) is 5.80. The van der Waals surface area contributed by atoms with Gasteiger partial charge in [-0.05, 0) is 97.1 Å². The first-order valence-electron chi connectivity index (χ1n) is 13.5. The molecule has 2 aromatic rings. The highest BCUT2D eigenvalue weighted by atomic mass is 16.2. The summed E-state index contributed by atoms with van der Waals surface area (Å²) in [6.07, 6.45) is 8.50. The number of Topliss-reactive ketones (excluding diaryl/α,β-unsaturated/α-hetero) is 1. The van der Waals surface area contributed by atoms with Crippen molar-refractivity contribution >= 4 is 28.4 Å². The topological polar surface area (TPSA) is 87.3 Å². The second-order valence-corrected chi connectivity index (χ2v) is 11.9. The fourth-order valence-corrected chi connectivity index (χ4v) is 7.52. The minimum atomic E-state index is -0.0753. The lowest BCUT2D eigenvalue weighted by Crippen LogP contribution is -2.50. The van der Waals surface area contributed by atoms with Crippen molar-refractivity contribution in [1.82, 2.24) is 16.0 Å². The Morgan fingerprint density at radius 1 is 0.861 bits per heavy atom. The van der Waals surface area contributed by atoms with Crippen molar-refractivity contribution in [3.63, 3.8) is 0 Å². The average Bonchev–Trinajstić information content (AvgIpc) is 2.81. The number of amides is 2. The van der Waals surface area contributed by atoms with Gasteiger partial charge in [0, 0.05) is 44.6 Å². The summed E-state index contributed by atoms with van der Waals surface area (Å²) < 4.78 is 0. The molecule has 6 heteroatoms. The van der Waals surface area contributed by atoms with Crippen molar-refractivity contribution in [2.45, 2.75) is 71.4 Å². The van der Waals surface area contributed by atoms with Crippen LogP contribution in [-0.4, -0.2) is 36.7 Å². The van der Waals surface area contributed by atoms with E-state index >= 15 is 0 Å². The van der Waals surface area contributed by atoms with Crippen molar-refractivity contribution in [1.29, 1.82) is 0 Å². The number of hydrogen-bond donors (Lipinski definition) is 3. The maximum atomic E-state index is 13.0. The maximum Gasteiger partial charge on any atom is 0.220 e. The summed E-state index contributed by atoms with van der Waals surface area (Å²) in [7, 11) is 0. The summed E-state index contributed by atoms with van der Waals surface area (Å²) in [6.45, 7) is 4.67. The van der Waals surface area contributed by atoms with Gasteiger partial charge in [-0.25, -0.2) is 0 Å². The highest BCUT2D eigenvalue weighted by molar-refractivity contribution is 5.98. The van der Waals surface area contributed by atoms with Crippen LogP contribution >= 0.6 is 0 Å². The minimum Gasteiger partial charge on any atom is -0.355 e. The van der Waals surface area contributed by atoms with Gasteiger partial charge in [-0.1, -0.05) is 24.3 Å². The summed E-state index contributed by atoms with van der Waals surface area (Å²) in [5.74, 6) is 2.67. The first-order valence-corrected chi connectivity index (χ1v) is 13.5. The molecule has 0 aromatic heterocycles. The molecule has 2 amide bonds. The smallest absolute Gasteiger partial charge is 0.220 e. The summed E-state index contributed by atoms with van der Waals surface area (Å²) in [5, 5.41) is 11.7. The van der Waals surface area contributed by atoms with Crippen LogP contribution in [0.25, 0.3) is 10.8 Å². The summed E-state index contributed by atoms with van der Waals surface area (Å²) >= 11 is 0. The molecule has 3 N–H and O–H groups in total. The number of nitrogens with one attached hydrogen (secondary N) is 3. The quantitative estimate of drug-likeness (QED) is 0.433. The molecule has 0 saturated heterocycles. The van der Waals surface area contributed by atoms with Crippen LogP contribution in [0.4, 0.5) is 0 Å². The number of benzene rings is 2. The molecule has 2 aromatic carbocycles. The highest BCUT2D eigenvalue weighted by Crippen LogP contribution is 2.61. The van der Waals surface area contributed by atoms with Crippen molar-refractivity contribution in [3.8, 4) is 0 Å². The van der Waals surface area contributed by atoms with Crippen molar-refractivity contribution in [3.05, 3.63) is 47.5 Å². The van der Waals surface area contributed by atoms with Crippen LogP contribution in [0.5, 0.6) is 0 Å². The Balaban J connectivity index is 1.17. The lowest BCUT2D eigenvalue weighted by molar-refractivity contribution is -0.129. The number of ketones is 1. The van der Waals surface area contributed by atoms with Gasteiger partial charge in [0.25, 0.3) is 0 Å². The molecule has 4 bridgehead atoms. The number of fused-ring (bicyclic) bond motifs is 1. The zero-order chi connectivity index (χ0) is 25.3. The van der Waals surface area contributed by atoms with E-state index in [9.17, 15) is 14.4 Å². The van der Waals surface area contributed by atoms with Gasteiger partial charge >= 0.3 is 0 Å². The Hall–Kier alpha value is -2.73. The van der Waals surface area contributed by atoms with E-state index < -0.39 is 0 Å². The molecule has 4 aliphatic rings. The molecule has 1 unspecified atom stereocenters. The maximum absolute atomic E-state index is 13.0. The largest absolute Gasteiger partial charge is 0.355 e. The van der Waals surface area contributed by atoms with Crippen LogP contribution in [0.2, 0.25) is 0 Å². The lowest BCUT2D eigenvalue weighted by atomic mass is 9.49. The van der Waals surface area contributed by atoms with Crippen LogP contribution in [0.15, 0.2) is 36.4 Å². The number of carbonyl (C=O) groups excluding carboxylic acids is 3. The molecule has 6 nitrogen and oxygen atoms in total. The standard InChI is InChI=1S/C30H39N3O3/c1-19(34)25-5-6-26-10-21(3-4-27(26)11-25)16-32-28(17-31-20(2)35)18-33-29(36)15-30-12-22-7-23(13-30)9-24(8-22)14-30/h3-6,10-11,22-24,28,32H,7-9,12-18H2,1-2H3,(H,31,35)(H,33,36). The van der Waals surface area contributed by atoms with E-state index in [1.165, 1.54) is 45.4 Å². The van der Waals surface area contributed by atoms with Crippen LogP contribution in [0.1, 0.15) is 74.7 Å². The predicted molar refractivity (Wildman–Crippen MR) is 141 cm³/mol. The van der Waals surface area contributed by atoms with Crippen LogP contribution < -0.4 is 16.0 Å². The molecule has 0 aliphatic heterocycles. The first kappa shape index (κ1) is 24.9. The van der Waals surface area contributed by atoms with E-state index in [1.54, 1.807) is 6.92 Å². The number of rotatable bonds is 10. The van der Waals surface area contributed by atoms with Gasteiger partial charge in [-0.3, -0.25) is 14.4 Å². The normalized spacial score (nSPS) is 27.1. The molecule has 0 spiro atoms. The fraction of sp³-hybridized carbons (Fsp3) is 0.567. The van der Waals surface area contributed by atoms with E-state index in [2.05, 4.69) is 28.1 Å². The first-order chi connectivity index (χ1) is 17.3. The molecule has 192 valence electrons. The number of carbonyl (C=O) groups is 3. The molecular weight excluding hydrogens is 450 g/mol. The molecule has 36 heavy (non-hydrogen) atoms. The Morgan fingerprint density at radius 3 is 2.11 bits per heavy atom. The van der Waals surface area contributed by atoms with E-state index in [0.717, 1.165) is 34.1 Å². The number of hydrogen-bond acceptors (Lipinski definition) is 4. The van der Waals surface area contributed by atoms with Crippen LogP contribution in [-0.2, 0) is 16.1 Å². The molecule has 4 saturated carbocycles. The average molecular weight is 490 g/mol. The molecule has 0 heterocycles. The van der Waals surface area contributed by atoms with E-state index in [0.29, 0.717) is 31.6 Å². The molecule has 4 aliphatic carbocycles. The van der Waals surface area contributed by atoms with Crippen LogP contribution in [0, 0.1) is 23.2 Å². The van der Waals surface area contributed by atoms with Crippen LogP contribution in [0.3, 0.4) is 0 Å². The van der Waals surface area contributed by atoms with Gasteiger partial charge < -0.3 is 16.0 Å². The van der Waals surface area contributed by atoms with E-state index in [1.807, 2.05) is 24.3 Å². The second kappa shape index (κ2) is 10.3. The molecule has 6 rings (SSSR count). The van der Waals surface area contributed by atoms with Crippen molar-refractivity contribution < 1.29 is 14.4 Å². The molecule has 4 fully saturated rings. The summed E-state index contributed by atoms with van der Waals surface area (Å²) in [6, 6.07) is 11.9. The third-order valence-corrected chi connectivity index (χ3v) is 8.75. The lowest BCUT2D eigenvalue weighted by Gasteiger charge is -2.56. The Labute approximate surface area is 214 Å². The van der Waals surface area contributed by atoms with Gasteiger partial charge in [-0.2, -0.15) is 0 Å². The Bertz CT molecular complexity index is 1120. The summed E-state index contributed by atoms with van der Waals surface area (Å²) in [5.41, 5.74) is 2.06. The molecular formula is C30H39N3O3. The zero-order valence-corrected chi connectivity index (χ0v) is 21.6. The van der Waals surface area contributed by atoms with Gasteiger partial charge in [0.15, 0.2) is 5.78 Å². The summed E-state index contributed by atoms with van der Waals surface area (Å²) in [4.78, 5) is 36.2. The molecule has 0 radical (unpaired) electrons. The molecule has 1 atom stereocenters. The minimum absolute atomic E-state index is 0.0636. The Kier molecular flexibility index (Phi) is 7.16. The van der Waals surface area contributed by atoms with Crippen molar-refractivity contribution in [2.75, 3.05) is 13.1 Å². The zero-order valence-electron chi connectivity index (χ0n) is 21.6. The Morgan fingerprint density at radius 2 is 1.47 bits per heavy atom. The van der Waals surface area contributed by atoms with E-state index in [4.69, 9.17) is 0 Å². The monoisotopic (exact) mass is 489 g/mol. The van der Waals surface area contributed by atoms with Gasteiger partial charge in [-0.15, -0.1) is 0 Å².